The standard InChI is InChI=1S/C22H31N5O2S/c1-26(2)13-10-23-21(28)18-8-6-17(7-9-18)16-30-22-24-19(15-29-3)14-20(25-22)27-11-4-5-12-27/h6-9,14H,4-5,10-13,15-16H2,1-3H3,(H,23,28)/p+1. The highest BCUT2D eigenvalue weighted by Crippen LogP contribution is 2.25. The van der Waals surface area contributed by atoms with Gasteiger partial charge in [0.1, 0.15) is 5.82 Å². The minimum absolute atomic E-state index is 0.0266. The summed E-state index contributed by atoms with van der Waals surface area (Å²) in [5, 5.41) is 3.72. The normalized spacial score (nSPS) is 13.8. The van der Waals surface area contributed by atoms with Crippen LogP contribution in [-0.4, -0.2) is 63.3 Å². The zero-order valence-electron chi connectivity index (χ0n) is 18.1. The van der Waals surface area contributed by atoms with Gasteiger partial charge in [0, 0.05) is 37.6 Å². The molecule has 7 nitrogen and oxygen atoms in total. The second-order valence-corrected chi connectivity index (χ2v) is 8.77. The maximum Gasteiger partial charge on any atom is 0.251 e. The number of nitrogens with zero attached hydrogens (tertiary/aromatic N) is 3. The zero-order chi connectivity index (χ0) is 21.3. The van der Waals surface area contributed by atoms with E-state index < -0.39 is 0 Å². The van der Waals surface area contributed by atoms with Gasteiger partial charge < -0.3 is 19.9 Å². The molecule has 162 valence electrons. The van der Waals surface area contributed by atoms with Crippen LogP contribution in [0.1, 0.15) is 34.5 Å². The van der Waals surface area contributed by atoms with Gasteiger partial charge in [0.2, 0.25) is 0 Å². The van der Waals surface area contributed by atoms with Crippen LogP contribution in [0.4, 0.5) is 5.82 Å². The topological polar surface area (TPSA) is 71.8 Å². The lowest BCUT2D eigenvalue weighted by atomic mass is 10.1. The average Bonchev–Trinajstić information content (AvgIpc) is 3.27. The Kier molecular flexibility index (Phi) is 8.48. The number of anilines is 1. The van der Waals surface area contributed by atoms with Crippen molar-refractivity contribution in [2.45, 2.75) is 30.4 Å². The van der Waals surface area contributed by atoms with Gasteiger partial charge in [-0.15, -0.1) is 0 Å². The number of methoxy groups -OCH3 is 1. The fourth-order valence-electron chi connectivity index (χ4n) is 3.28. The van der Waals surface area contributed by atoms with Crippen LogP contribution in [-0.2, 0) is 17.1 Å². The number of thioether (sulfide) groups is 1. The van der Waals surface area contributed by atoms with Gasteiger partial charge in [-0.2, -0.15) is 0 Å². The van der Waals surface area contributed by atoms with Crippen molar-refractivity contribution in [1.29, 1.82) is 0 Å². The second kappa shape index (κ2) is 11.3. The van der Waals surface area contributed by atoms with E-state index in [-0.39, 0.29) is 5.91 Å². The third-order valence-electron chi connectivity index (χ3n) is 4.96. The Morgan fingerprint density at radius 3 is 2.60 bits per heavy atom. The largest absolute Gasteiger partial charge is 0.378 e. The number of aromatic nitrogens is 2. The van der Waals surface area contributed by atoms with Crippen LogP contribution in [0.15, 0.2) is 35.5 Å². The summed E-state index contributed by atoms with van der Waals surface area (Å²) in [7, 11) is 5.83. The number of amides is 1. The maximum atomic E-state index is 12.2. The number of hydrogen-bond donors (Lipinski definition) is 2. The molecule has 3 rings (SSSR count). The van der Waals surface area contributed by atoms with Crippen molar-refractivity contribution in [3.63, 3.8) is 0 Å². The molecule has 1 aliphatic heterocycles. The number of nitrogens with one attached hydrogen (secondary N) is 2. The van der Waals surface area contributed by atoms with E-state index in [0.717, 1.165) is 47.6 Å². The average molecular weight is 431 g/mol. The summed E-state index contributed by atoms with van der Waals surface area (Å²) in [6, 6.07) is 9.79. The molecule has 0 aliphatic carbocycles. The van der Waals surface area contributed by atoms with Crippen molar-refractivity contribution in [2.75, 3.05) is 52.3 Å². The number of carbonyl (C=O) groups is 1. The van der Waals surface area contributed by atoms with E-state index >= 15 is 0 Å². The molecule has 2 N–H and O–H groups in total. The van der Waals surface area contributed by atoms with E-state index in [1.807, 2.05) is 30.3 Å². The molecule has 2 heterocycles. The lowest BCUT2D eigenvalue weighted by Gasteiger charge is -2.17. The number of quaternary nitrogens is 1. The molecule has 0 spiro atoms. The first-order valence-corrected chi connectivity index (χ1v) is 11.4. The number of rotatable bonds is 10. The molecule has 1 aliphatic rings. The number of hydrogen-bond acceptors (Lipinski definition) is 6. The molecule has 1 aromatic carbocycles. The molecule has 0 atom stereocenters. The van der Waals surface area contributed by atoms with Crippen LogP contribution in [0.3, 0.4) is 0 Å². The summed E-state index contributed by atoms with van der Waals surface area (Å²) < 4.78 is 5.28. The quantitative estimate of drug-likeness (QED) is 0.439. The van der Waals surface area contributed by atoms with Gasteiger partial charge in [-0.05, 0) is 30.5 Å². The first-order valence-electron chi connectivity index (χ1n) is 10.5. The minimum Gasteiger partial charge on any atom is -0.378 e. The van der Waals surface area contributed by atoms with Gasteiger partial charge in [-0.1, -0.05) is 23.9 Å². The Morgan fingerprint density at radius 2 is 1.93 bits per heavy atom. The molecule has 0 radical (unpaired) electrons. The van der Waals surface area contributed by atoms with Crippen LogP contribution < -0.4 is 15.1 Å². The summed E-state index contributed by atoms with van der Waals surface area (Å²) in [6.07, 6.45) is 2.42. The molecule has 0 saturated carbocycles. The van der Waals surface area contributed by atoms with Crippen molar-refractivity contribution in [1.82, 2.24) is 15.3 Å². The Labute approximate surface area is 183 Å². The molecule has 2 aromatic rings. The number of likely N-dealkylation sites (N-methyl/N-ethyl adjacent to an activating group) is 1. The molecule has 0 bridgehead atoms. The fourth-order valence-corrected chi connectivity index (χ4v) is 4.11. The summed E-state index contributed by atoms with van der Waals surface area (Å²) in [4.78, 5) is 25.2. The predicted octanol–water partition coefficient (Wildman–Crippen LogP) is 1.39. The van der Waals surface area contributed by atoms with Crippen LogP contribution in [0.2, 0.25) is 0 Å². The summed E-state index contributed by atoms with van der Waals surface area (Å²) in [5.41, 5.74) is 2.73. The first kappa shape index (κ1) is 22.5. The third-order valence-corrected chi connectivity index (χ3v) is 5.88. The summed E-state index contributed by atoms with van der Waals surface area (Å²) >= 11 is 1.61. The van der Waals surface area contributed by atoms with E-state index in [1.54, 1.807) is 18.9 Å². The van der Waals surface area contributed by atoms with Gasteiger partial charge in [-0.3, -0.25) is 4.79 Å². The van der Waals surface area contributed by atoms with Crippen molar-refractivity contribution in [3.8, 4) is 0 Å². The summed E-state index contributed by atoms with van der Waals surface area (Å²) in [6.45, 7) is 4.16. The van der Waals surface area contributed by atoms with Gasteiger partial charge in [0.25, 0.3) is 5.91 Å². The number of ether oxygens (including phenoxy) is 1. The van der Waals surface area contributed by atoms with E-state index in [0.29, 0.717) is 18.7 Å². The van der Waals surface area contributed by atoms with Crippen LogP contribution in [0.5, 0.6) is 0 Å². The monoisotopic (exact) mass is 430 g/mol. The zero-order valence-corrected chi connectivity index (χ0v) is 18.9. The van der Waals surface area contributed by atoms with Crippen molar-refractivity contribution in [3.05, 3.63) is 47.2 Å². The van der Waals surface area contributed by atoms with Crippen LogP contribution >= 0.6 is 11.8 Å². The Balaban J connectivity index is 1.60. The molecule has 1 saturated heterocycles. The Hall–Kier alpha value is -2.16. The molecular weight excluding hydrogens is 398 g/mol. The molecule has 30 heavy (non-hydrogen) atoms. The van der Waals surface area contributed by atoms with Gasteiger partial charge in [-0.25, -0.2) is 9.97 Å². The van der Waals surface area contributed by atoms with Crippen molar-refractivity contribution >= 4 is 23.5 Å². The molecule has 1 amide bonds. The van der Waals surface area contributed by atoms with E-state index in [9.17, 15) is 4.79 Å². The van der Waals surface area contributed by atoms with Gasteiger partial charge in [0.05, 0.1) is 39.5 Å². The lowest BCUT2D eigenvalue weighted by Crippen LogP contribution is -3.06. The first-order chi connectivity index (χ1) is 14.5. The number of carbonyl (C=O) groups excluding carboxylic acids is 1. The van der Waals surface area contributed by atoms with Crippen molar-refractivity contribution in [2.24, 2.45) is 0 Å². The van der Waals surface area contributed by atoms with E-state index in [4.69, 9.17) is 9.72 Å². The van der Waals surface area contributed by atoms with Crippen LogP contribution in [0.25, 0.3) is 0 Å². The smallest absolute Gasteiger partial charge is 0.251 e. The molecule has 8 heteroatoms. The van der Waals surface area contributed by atoms with Gasteiger partial charge >= 0.3 is 0 Å². The van der Waals surface area contributed by atoms with Crippen LogP contribution in [0, 0.1) is 0 Å². The summed E-state index contributed by atoms with van der Waals surface area (Å²) in [5.74, 6) is 1.71. The van der Waals surface area contributed by atoms with Crippen molar-refractivity contribution < 1.29 is 14.4 Å². The molecule has 0 unspecified atom stereocenters. The SMILES string of the molecule is COCc1cc(N2CCCC2)nc(SCc2ccc(C(=O)NCC[NH+](C)C)cc2)n1. The highest BCUT2D eigenvalue weighted by atomic mass is 32.2. The van der Waals surface area contributed by atoms with E-state index in [1.165, 1.54) is 17.7 Å². The molecular formula is C22H32N5O2S+. The third kappa shape index (κ3) is 6.68. The Bertz CT molecular complexity index is 823. The lowest BCUT2D eigenvalue weighted by molar-refractivity contribution is -0.856. The van der Waals surface area contributed by atoms with Gasteiger partial charge in [0.15, 0.2) is 5.16 Å². The Morgan fingerprint density at radius 1 is 1.20 bits per heavy atom. The minimum atomic E-state index is -0.0266. The highest BCUT2D eigenvalue weighted by molar-refractivity contribution is 7.98. The number of benzene rings is 1. The fraction of sp³-hybridized carbons (Fsp3) is 0.500. The molecule has 1 aromatic heterocycles. The maximum absolute atomic E-state index is 12.2. The second-order valence-electron chi connectivity index (χ2n) is 7.83. The van der Waals surface area contributed by atoms with E-state index in [2.05, 4.69) is 29.3 Å². The molecule has 1 fully saturated rings. The highest BCUT2D eigenvalue weighted by Gasteiger charge is 2.16. The predicted molar refractivity (Wildman–Crippen MR) is 120 cm³/mol.